The summed E-state index contributed by atoms with van der Waals surface area (Å²) in [6.07, 6.45) is 7.77. The fourth-order valence-electron chi connectivity index (χ4n) is 2.64. The predicted octanol–water partition coefficient (Wildman–Crippen LogP) is 2.13. The summed E-state index contributed by atoms with van der Waals surface area (Å²) in [5.74, 6) is 0. The second-order valence-corrected chi connectivity index (χ2v) is 5.52. The van der Waals surface area contributed by atoms with Crippen molar-refractivity contribution >= 4 is 0 Å². The zero-order chi connectivity index (χ0) is 13.8. The van der Waals surface area contributed by atoms with Crippen molar-refractivity contribution in [3.63, 3.8) is 0 Å². The van der Waals surface area contributed by atoms with Crippen LogP contribution >= 0.6 is 0 Å². The van der Waals surface area contributed by atoms with Gasteiger partial charge in [-0.25, -0.2) is 0 Å². The maximum atomic E-state index is 5.78. The molecule has 2 aromatic rings. The number of aromatic nitrogens is 3. The molecule has 1 atom stereocenters. The summed E-state index contributed by atoms with van der Waals surface area (Å²) in [7, 11) is 0. The smallest absolute Gasteiger partial charge is 0.0779 e. The Balaban J connectivity index is 1.63. The third kappa shape index (κ3) is 2.89. The van der Waals surface area contributed by atoms with Crippen molar-refractivity contribution in [1.29, 1.82) is 0 Å². The van der Waals surface area contributed by atoms with Gasteiger partial charge in [0.05, 0.1) is 17.5 Å². The molecule has 1 saturated heterocycles. The second-order valence-electron chi connectivity index (χ2n) is 5.52. The van der Waals surface area contributed by atoms with Crippen LogP contribution in [0.5, 0.6) is 0 Å². The molecule has 20 heavy (non-hydrogen) atoms. The molecule has 1 aliphatic heterocycles. The van der Waals surface area contributed by atoms with Gasteiger partial charge in [-0.1, -0.05) is 0 Å². The molecule has 0 radical (unpaired) electrons. The molecule has 0 spiro atoms. The first-order chi connectivity index (χ1) is 9.77. The summed E-state index contributed by atoms with van der Waals surface area (Å²) in [5, 5.41) is 10.7. The lowest BCUT2D eigenvalue weighted by Gasteiger charge is -2.23. The Bertz CT molecular complexity index is 546. The molecule has 2 N–H and O–H groups in total. The highest BCUT2D eigenvalue weighted by atomic mass is 16.5. The van der Waals surface area contributed by atoms with Crippen LogP contribution in [0.15, 0.2) is 30.7 Å². The molecule has 1 fully saturated rings. The lowest BCUT2D eigenvalue weighted by molar-refractivity contribution is 0.0207. The number of nitrogens with zero attached hydrogens (tertiary/aromatic N) is 2. The predicted molar refractivity (Wildman–Crippen MR) is 77.1 cm³/mol. The van der Waals surface area contributed by atoms with Gasteiger partial charge in [-0.05, 0) is 31.9 Å². The largest absolute Gasteiger partial charge is 0.374 e. The van der Waals surface area contributed by atoms with Crippen LogP contribution in [0.4, 0.5) is 0 Å². The monoisotopic (exact) mass is 272 g/mol. The maximum absolute atomic E-state index is 5.78. The normalized spacial score (nSPS) is 22.2. The Kier molecular flexibility index (Phi) is 3.80. The summed E-state index contributed by atoms with van der Waals surface area (Å²) in [6.45, 7) is 4.69. The number of ether oxygens (including phenoxy) is 1. The Hall–Kier alpha value is -1.72. The lowest BCUT2D eigenvalue weighted by Crippen LogP contribution is -2.36. The Morgan fingerprint density at radius 2 is 2.40 bits per heavy atom. The van der Waals surface area contributed by atoms with Gasteiger partial charge in [-0.2, -0.15) is 5.10 Å². The van der Waals surface area contributed by atoms with Crippen LogP contribution in [0.3, 0.4) is 0 Å². The van der Waals surface area contributed by atoms with Gasteiger partial charge >= 0.3 is 0 Å². The summed E-state index contributed by atoms with van der Waals surface area (Å²) >= 11 is 0. The number of rotatable bonds is 5. The van der Waals surface area contributed by atoms with Gasteiger partial charge in [0.1, 0.15) is 0 Å². The number of pyridine rings is 1. The SMILES string of the molecule is C[C@@]1(CNCc2cn[nH]c2-c2cccnc2)CCCO1. The molecule has 2 aromatic heterocycles. The van der Waals surface area contributed by atoms with Crippen LogP contribution in [0, 0.1) is 0 Å². The first kappa shape index (κ1) is 13.3. The van der Waals surface area contributed by atoms with E-state index < -0.39 is 0 Å². The van der Waals surface area contributed by atoms with Crippen LogP contribution < -0.4 is 5.32 Å². The second kappa shape index (κ2) is 5.73. The van der Waals surface area contributed by atoms with E-state index in [9.17, 15) is 0 Å². The molecular formula is C15H20N4O. The number of nitrogens with one attached hydrogen (secondary N) is 2. The summed E-state index contributed by atoms with van der Waals surface area (Å²) in [5.41, 5.74) is 3.23. The number of hydrogen-bond acceptors (Lipinski definition) is 4. The van der Waals surface area contributed by atoms with Crippen molar-refractivity contribution < 1.29 is 4.74 Å². The zero-order valence-corrected chi connectivity index (χ0v) is 11.7. The maximum Gasteiger partial charge on any atom is 0.0779 e. The van der Waals surface area contributed by atoms with Crippen molar-refractivity contribution in [1.82, 2.24) is 20.5 Å². The number of hydrogen-bond donors (Lipinski definition) is 2. The molecule has 3 rings (SSSR count). The van der Waals surface area contributed by atoms with E-state index in [1.807, 2.05) is 24.5 Å². The van der Waals surface area contributed by atoms with E-state index in [4.69, 9.17) is 4.74 Å². The van der Waals surface area contributed by atoms with Gasteiger partial charge in [0, 0.05) is 43.2 Å². The summed E-state index contributed by atoms with van der Waals surface area (Å²) in [6, 6.07) is 3.96. The quantitative estimate of drug-likeness (QED) is 0.875. The molecule has 0 unspecified atom stereocenters. The van der Waals surface area contributed by atoms with E-state index in [0.717, 1.165) is 49.4 Å². The van der Waals surface area contributed by atoms with E-state index in [1.165, 1.54) is 0 Å². The van der Waals surface area contributed by atoms with Gasteiger partial charge in [0.2, 0.25) is 0 Å². The van der Waals surface area contributed by atoms with Crippen LogP contribution in [-0.2, 0) is 11.3 Å². The minimum absolute atomic E-state index is 0.0157. The average molecular weight is 272 g/mol. The third-order valence-electron chi connectivity index (χ3n) is 3.78. The first-order valence-electron chi connectivity index (χ1n) is 7.04. The third-order valence-corrected chi connectivity index (χ3v) is 3.78. The van der Waals surface area contributed by atoms with Crippen molar-refractivity contribution in [2.75, 3.05) is 13.2 Å². The molecule has 0 bridgehead atoms. The minimum atomic E-state index is -0.0157. The van der Waals surface area contributed by atoms with Crippen LogP contribution in [0.25, 0.3) is 11.3 Å². The van der Waals surface area contributed by atoms with Crippen molar-refractivity contribution in [3.05, 3.63) is 36.3 Å². The Labute approximate surface area is 118 Å². The van der Waals surface area contributed by atoms with E-state index in [2.05, 4.69) is 27.4 Å². The fraction of sp³-hybridized carbons (Fsp3) is 0.467. The summed E-state index contributed by atoms with van der Waals surface area (Å²) in [4.78, 5) is 4.15. The number of aromatic amines is 1. The van der Waals surface area contributed by atoms with E-state index >= 15 is 0 Å². The van der Waals surface area contributed by atoms with Gasteiger partial charge in [-0.15, -0.1) is 0 Å². The lowest BCUT2D eigenvalue weighted by atomic mass is 10.0. The van der Waals surface area contributed by atoms with Crippen LogP contribution in [0.1, 0.15) is 25.3 Å². The fourth-order valence-corrected chi connectivity index (χ4v) is 2.64. The standard InChI is InChI=1S/C15H20N4O/c1-15(5-3-7-20-15)11-17-9-13-10-18-19-14(13)12-4-2-6-16-8-12/h2,4,6,8,10,17H,3,5,7,9,11H2,1H3,(H,18,19)/t15-/m0/s1. The van der Waals surface area contributed by atoms with E-state index in [1.54, 1.807) is 6.20 Å². The van der Waals surface area contributed by atoms with Crippen LogP contribution in [0.2, 0.25) is 0 Å². The van der Waals surface area contributed by atoms with Gasteiger partial charge < -0.3 is 10.1 Å². The van der Waals surface area contributed by atoms with Crippen molar-refractivity contribution in [2.24, 2.45) is 0 Å². The highest BCUT2D eigenvalue weighted by Gasteiger charge is 2.29. The van der Waals surface area contributed by atoms with Crippen molar-refractivity contribution in [3.8, 4) is 11.3 Å². The molecular weight excluding hydrogens is 252 g/mol. The molecule has 0 amide bonds. The zero-order valence-electron chi connectivity index (χ0n) is 11.7. The summed E-state index contributed by atoms with van der Waals surface area (Å²) < 4.78 is 5.78. The molecule has 0 aliphatic carbocycles. The highest BCUT2D eigenvalue weighted by Crippen LogP contribution is 2.24. The topological polar surface area (TPSA) is 62.8 Å². The molecule has 1 aliphatic rings. The molecule has 3 heterocycles. The van der Waals surface area contributed by atoms with E-state index in [-0.39, 0.29) is 5.60 Å². The van der Waals surface area contributed by atoms with Gasteiger partial charge in [-0.3, -0.25) is 10.1 Å². The number of H-pyrrole nitrogens is 1. The molecule has 0 aromatic carbocycles. The van der Waals surface area contributed by atoms with Gasteiger partial charge in [0.15, 0.2) is 0 Å². The molecule has 5 heteroatoms. The Morgan fingerprint density at radius 1 is 1.45 bits per heavy atom. The molecule has 106 valence electrons. The first-order valence-corrected chi connectivity index (χ1v) is 7.04. The molecule has 5 nitrogen and oxygen atoms in total. The van der Waals surface area contributed by atoms with Gasteiger partial charge in [0.25, 0.3) is 0 Å². The minimum Gasteiger partial charge on any atom is -0.374 e. The van der Waals surface area contributed by atoms with E-state index in [0.29, 0.717) is 0 Å². The Morgan fingerprint density at radius 3 is 3.15 bits per heavy atom. The van der Waals surface area contributed by atoms with Crippen molar-refractivity contribution in [2.45, 2.75) is 31.9 Å². The van der Waals surface area contributed by atoms with Crippen LogP contribution in [-0.4, -0.2) is 33.9 Å². The molecule has 0 saturated carbocycles. The highest BCUT2D eigenvalue weighted by molar-refractivity contribution is 5.61. The average Bonchev–Trinajstić information content (AvgIpc) is 3.10.